The lowest BCUT2D eigenvalue weighted by Gasteiger charge is -2.44. The highest BCUT2D eigenvalue weighted by molar-refractivity contribution is 5.84. The Morgan fingerprint density at radius 1 is 0.872 bits per heavy atom. The minimum atomic E-state index is -0.837. The van der Waals surface area contributed by atoms with Crippen LogP contribution in [0.1, 0.15) is 57.8 Å². The number of aromatic nitrogens is 10. The van der Waals surface area contributed by atoms with Gasteiger partial charge in [0, 0.05) is 67.8 Å². The molecule has 3 unspecified atom stereocenters. The van der Waals surface area contributed by atoms with Crippen LogP contribution in [-0.4, -0.2) is 84.4 Å². The molecule has 0 bridgehead atoms. The van der Waals surface area contributed by atoms with Crippen molar-refractivity contribution in [3.63, 3.8) is 0 Å². The fraction of sp³-hybridized carbons (Fsp3) is 0.467. The average Bonchev–Trinajstić information content (AvgIpc) is 3.87. The average molecular weight is 643 g/mol. The largest absolute Gasteiger partial charge is 0.387 e. The Labute approximate surface area is 269 Å². The molecule has 17 heteroatoms. The normalized spacial score (nSPS) is 18.2. The van der Waals surface area contributed by atoms with Crippen molar-refractivity contribution in [2.75, 3.05) is 18.0 Å². The number of nitrogen functional groups attached to an aromatic ring is 2. The van der Waals surface area contributed by atoms with Crippen molar-refractivity contribution < 1.29 is 14.4 Å². The number of hydrogen-bond acceptors (Lipinski definition) is 15. The molecule has 6 aromatic heterocycles. The van der Waals surface area contributed by atoms with Crippen molar-refractivity contribution in [1.29, 1.82) is 0 Å². The number of nitrogens with two attached hydrogens (primary N) is 2. The fourth-order valence-electron chi connectivity index (χ4n) is 6.91. The van der Waals surface area contributed by atoms with E-state index in [4.69, 9.17) is 30.7 Å². The number of aliphatic hydroxyl groups is 1. The Kier molecular flexibility index (Phi) is 8.03. The van der Waals surface area contributed by atoms with Gasteiger partial charge in [0.25, 0.3) is 0 Å². The summed E-state index contributed by atoms with van der Waals surface area (Å²) < 4.78 is 13.7. The van der Waals surface area contributed by atoms with Crippen molar-refractivity contribution in [3.8, 4) is 23.0 Å². The molecule has 7 heterocycles. The van der Waals surface area contributed by atoms with E-state index in [0.29, 0.717) is 60.2 Å². The first-order chi connectivity index (χ1) is 22.8. The van der Waals surface area contributed by atoms with Gasteiger partial charge in [-0.05, 0) is 61.2 Å². The third-order valence-corrected chi connectivity index (χ3v) is 9.10. The molecule has 6 N–H and O–H groups in total. The number of pyridine rings is 2. The highest BCUT2D eigenvalue weighted by Gasteiger charge is 2.37. The van der Waals surface area contributed by atoms with Crippen LogP contribution in [0.15, 0.2) is 34.0 Å². The molecule has 1 aliphatic heterocycles. The van der Waals surface area contributed by atoms with Gasteiger partial charge in [0.15, 0.2) is 34.7 Å². The summed E-state index contributed by atoms with van der Waals surface area (Å²) in [6, 6.07) is 0.178. The van der Waals surface area contributed by atoms with Crippen LogP contribution in [-0.2, 0) is 19.6 Å². The molecule has 6 aromatic rings. The summed E-state index contributed by atoms with van der Waals surface area (Å²) in [5.41, 5.74) is 17.6. The first-order valence-electron chi connectivity index (χ1n) is 15.8. The third-order valence-electron chi connectivity index (χ3n) is 9.10. The molecule has 1 fully saturated rings. The van der Waals surface area contributed by atoms with Gasteiger partial charge in [-0.1, -0.05) is 0 Å². The summed E-state index contributed by atoms with van der Waals surface area (Å²) in [7, 11) is 0. The number of anilines is 2. The first-order valence-corrected chi connectivity index (χ1v) is 15.8. The minimum Gasteiger partial charge on any atom is -0.387 e. The molecule has 0 spiro atoms. The van der Waals surface area contributed by atoms with Crippen LogP contribution in [0.25, 0.3) is 45.1 Å². The van der Waals surface area contributed by atoms with Crippen molar-refractivity contribution in [3.05, 3.63) is 35.9 Å². The van der Waals surface area contributed by atoms with E-state index in [2.05, 4.69) is 59.2 Å². The predicted octanol–water partition coefficient (Wildman–Crippen LogP) is 2.54. The molecular formula is C30H38N14O3. The van der Waals surface area contributed by atoms with Crippen molar-refractivity contribution in [2.24, 2.45) is 0 Å². The van der Waals surface area contributed by atoms with Gasteiger partial charge in [-0.15, -0.1) is 0 Å². The number of likely N-dealkylation sites (tertiary alicyclic amines) is 1. The molecule has 0 amide bonds. The van der Waals surface area contributed by atoms with Crippen LogP contribution in [0.5, 0.6) is 0 Å². The van der Waals surface area contributed by atoms with Gasteiger partial charge in [0.2, 0.25) is 0 Å². The van der Waals surface area contributed by atoms with Crippen LogP contribution >= 0.6 is 0 Å². The Hall–Kier alpha value is -5.00. The monoisotopic (exact) mass is 642 g/mol. The number of hydrogen-bond donors (Lipinski definition) is 4. The first kappa shape index (κ1) is 30.6. The number of aryl methyl sites for hydroxylation is 2. The lowest BCUT2D eigenvalue weighted by molar-refractivity contribution is -0.00160. The van der Waals surface area contributed by atoms with Crippen molar-refractivity contribution in [2.45, 2.75) is 84.4 Å². The topological polar surface area (TPSA) is 227 Å². The van der Waals surface area contributed by atoms with Gasteiger partial charge in [0.1, 0.15) is 11.0 Å². The molecule has 246 valence electrons. The number of aliphatic hydroxyl groups excluding tert-OH is 1. The summed E-state index contributed by atoms with van der Waals surface area (Å²) in [4.78, 5) is 20.8. The van der Waals surface area contributed by atoms with Crippen LogP contribution in [0.3, 0.4) is 0 Å². The second-order valence-corrected chi connectivity index (χ2v) is 12.1. The molecule has 0 aliphatic carbocycles. The Morgan fingerprint density at radius 2 is 1.47 bits per heavy atom. The number of fused-ring (bicyclic) bond motifs is 2. The molecular weight excluding hydrogens is 604 g/mol. The summed E-state index contributed by atoms with van der Waals surface area (Å²) in [5.74, 6) is 1.45. The van der Waals surface area contributed by atoms with E-state index in [1.54, 1.807) is 18.6 Å². The van der Waals surface area contributed by atoms with E-state index in [0.717, 1.165) is 35.1 Å². The maximum Gasteiger partial charge on any atom is 0.199 e. The molecule has 0 aromatic carbocycles. The molecule has 17 nitrogen and oxygen atoms in total. The summed E-state index contributed by atoms with van der Waals surface area (Å²) in [5, 5.41) is 31.3. The summed E-state index contributed by atoms with van der Waals surface area (Å²) in [6.45, 7) is 11.0. The quantitative estimate of drug-likeness (QED) is 0.168. The smallest absolute Gasteiger partial charge is 0.199 e. The summed E-state index contributed by atoms with van der Waals surface area (Å²) >= 11 is 0. The maximum absolute atomic E-state index is 12.1. The molecule has 0 saturated carbocycles. The van der Waals surface area contributed by atoms with Crippen LogP contribution < -0.4 is 16.8 Å². The van der Waals surface area contributed by atoms with Crippen molar-refractivity contribution >= 4 is 33.7 Å². The van der Waals surface area contributed by atoms with Gasteiger partial charge in [-0.2, -0.15) is 0 Å². The zero-order valence-electron chi connectivity index (χ0n) is 26.7. The van der Waals surface area contributed by atoms with Gasteiger partial charge in [-0.25, -0.2) is 19.2 Å². The van der Waals surface area contributed by atoms with E-state index in [9.17, 15) is 5.11 Å². The zero-order valence-corrected chi connectivity index (χ0v) is 26.7. The van der Waals surface area contributed by atoms with Gasteiger partial charge in [0.05, 0.1) is 29.5 Å². The maximum atomic E-state index is 12.1. The number of nitrogens with zero attached hydrogens (tertiary/aromatic N) is 11. The Balaban J connectivity index is 1.18. The minimum absolute atomic E-state index is 0.132. The predicted molar refractivity (Wildman–Crippen MR) is 172 cm³/mol. The molecule has 7 rings (SSSR count). The van der Waals surface area contributed by atoms with E-state index in [-0.39, 0.29) is 29.8 Å². The number of imidazole rings is 2. The lowest BCUT2D eigenvalue weighted by atomic mass is 9.89. The Bertz CT molecular complexity index is 2030. The van der Waals surface area contributed by atoms with Crippen molar-refractivity contribution in [1.82, 2.24) is 59.9 Å². The van der Waals surface area contributed by atoms with E-state index in [1.807, 2.05) is 24.6 Å². The molecule has 1 saturated heterocycles. The third kappa shape index (κ3) is 5.25. The van der Waals surface area contributed by atoms with E-state index in [1.165, 1.54) is 0 Å². The van der Waals surface area contributed by atoms with E-state index < -0.39 is 6.10 Å². The SMILES string of the molecule is CCn1c(-c2nonc2N)nc2cncc(CNC3CCN(C(C)C)C(C(O)c4cncc5nc(-c6nonc6N)n(CC)c45)C3)c21. The van der Waals surface area contributed by atoms with Gasteiger partial charge < -0.3 is 31.0 Å². The Morgan fingerprint density at radius 3 is 2.04 bits per heavy atom. The molecule has 3 atom stereocenters. The summed E-state index contributed by atoms with van der Waals surface area (Å²) in [6.07, 6.45) is 7.81. The highest BCUT2D eigenvalue weighted by atomic mass is 16.6. The second-order valence-electron chi connectivity index (χ2n) is 12.1. The van der Waals surface area contributed by atoms with Crippen LogP contribution in [0.4, 0.5) is 11.6 Å². The fourth-order valence-corrected chi connectivity index (χ4v) is 6.91. The van der Waals surface area contributed by atoms with Crippen LogP contribution in [0.2, 0.25) is 0 Å². The highest BCUT2D eigenvalue weighted by Crippen LogP contribution is 2.36. The number of nitrogens with one attached hydrogen (secondary N) is 1. The lowest BCUT2D eigenvalue weighted by Crippen LogP contribution is -2.53. The standard InChI is InChI=1S/C30H38N14O3/c1-5-42-24-16(10-33-13-19(24)36-29(42)22-27(31)40-46-38-22)11-35-17-7-8-44(15(3)4)21(9-17)26(45)18-12-34-14-20-25(18)43(6-2)30(37-20)23-28(32)41-47-39-23/h10,12-15,17,21,26,35,45H,5-9,11H2,1-4H3,(H2,31,40)(H2,32,41). The zero-order chi connectivity index (χ0) is 32.8. The van der Waals surface area contributed by atoms with E-state index >= 15 is 0 Å². The molecule has 47 heavy (non-hydrogen) atoms. The van der Waals surface area contributed by atoms with Crippen LogP contribution in [0, 0.1) is 0 Å². The molecule has 1 aliphatic rings. The molecule has 0 radical (unpaired) electrons. The van der Waals surface area contributed by atoms with Gasteiger partial charge >= 0.3 is 0 Å². The number of rotatable bonds is 10. The van der Waals surface area contributed by atoms with Gasteiger partial charge in [-0.3, -0.25) is 14.9 Å². The second kappa shape index (κ2) is 12.3. The number of piperidine rings is 1.